The van der Waals surface area contributed by atoms with Crippen LogP contribution in [-0.2, 0) is 5.41 Å². The van der Waals surface area contributed by atoms with Crippen LogP contribution in [0.2, 0.25) is 0 Å². The Labute approximate surface area is 140 Å². The fourth-order valence-electron chi connectivity index (χ4n) is 2.02. The van der Waals surface area contributed by atoms with Crippen LogP contribution in [0.3, 0.4) is 0 Å². The lowest BCUT2D eigenvalue weighted by Gasteiger charge is -2.16. The Morgan fingerprint density at radius 1 is 1.22 bits per heavy atom. The van der Waals surface area contributed by atoms with Gasteiger partial charge in [0.05, 0.1) is 6.21 Å². The maximum atomic E-state index is 12.7. The Bertz CT molecular complexity index is 933. The third-order valence-corrected chi connectivity index (χ3v) is 3.74. The molecular weight excluding hydrogens is 360 g/mol. The first-order valence-electron chi connectivity index (χ1n) is 7.00. The second-order valence-corrected chi connectivity index (χ2v) is 7.00. The Kier molecular flexibility index (Phi) is 3.85. The molecule has 0 N–H and O–H groups in total. The lowest BCUT2D eigenvalue weighted by molar-refractivity contribution is 0.529. The van der Waals surface area contributed by atoms with Crippen LogP contribution in [0.15, 0.2) is 45.0 Å². The predicted octanol–water partition coefficient (Wildman–Crippen LogP) is 2.23. The van der Waals surface area contributed by atoms with Crippen LogP contribution in [0.25, 0.3) is 5.78 Å². The summed E-state index contributed by atoms with van der Waals surface area (Å²) in [4.78, 5) is 12.7. The third-order valence-electron chi connectivity index (χ3n) is 3.21. The first-order valence-corrected chi connectivity index (χ1v) is 7.79. The summed E-state index contributed by atoms with van der Waals surface area (Å²) in [5, 5.41) is 16.3. The summed E-state index contributed by atoms with van der Waals surface area (Å²) in [7, 11) is 0. The number of hydrogen-bond donors (Lipinski definition) is 0. The van der Waals surface area contributed by atoms with E-state index in [1.165, 1.54) is 15.5 Å². The third kappa shape index (κ3) is 3.07. The number of rotatable bonds is 2. The summed E-state index contributed by atoms with van der Waals surface area (Å²) in [5.74, 6) is 0.274. The van der Waals surface area contributed by atoms with Gasteiger partial charge in [0.25, 0.3) is 11.3 Å². The van der Waals surface area contributed by atoms with Gasteiger partial charge < -0.3 is 0 Å². The molecule has 8 heteroatoms. The normalized spacial score (nSPS) is 12.3. The van der Waals surface area contributed by atoms with E-state index >= 15 is 0 Å². The molecule has 0 fully saturated rings. The highest BCUT2D eigenvalue weighted by Gasteiger charge is 2.23. The molecule has 0 bridgehead atoms. The van der Waals surface area contributed by atoms with Crippen LogP contribution in [0.4, 0.5) is 0 Å². The van der Waals surface area contributed by atoms with E-state index in [1.54, 1.807) is 6.21 Å². The molecule has 2 aromatic heterocycles. The molecule has 0 aliphatic heterocycles. The van der Waals surface area contributed by atoms with Gasteiger partial charge in [-0.25, -0.2) is 0 Å². The molecule has 2 heterocycles. The molecule has 23 heavy (non-hydrogen) atoms. The topological polar surface area (TPSA) is 77.4 Å². The zero-order valence-electron chi connectivity index (χ0n) is 12.9. The minimum Gasteiger partial charge on any atom is -0.265 e. The first kappa shape index (κ1) is 15.5. The van der Waals surface area contributed by atoms with E-state index in [1.807, 2.05) is 45.0 Å². The quantitative estimate of drug-likeness (QED) is 0.644. The molecule has 0 radical (unpaired) electrons. The SMILES string of the molecule is CC(C)(C)c1nn2cnnc2n(/N=C/c2ccc(Br)cc2)c1=O. The Morgan fingerprint density at radius 3 is 2.57 bits per heavy atom. The van der Waals surface area contributed by atoms with E-state index in [4.69, 9.17) is 0 Å². The summed E-state index contributed by atoms with van der Waals surface area (Å²) < 4.78 is 3.66. The molecule has 118 valence electrons. The van der Waals surface area contributed by atoms with E-state index in [0.717, 1.165) is 10.0 Å². The van der Waals surface area contributed by atoms with Gasteiger partial charge in [-0.15, -0.1) is 10.2 Å². The van der Waals surface area contributed by atoms with E-state index in [9.17, 15) is 4.79 Å². The highest BCUT2D eigenvalue weighted by atomic mass is 79.9. The molecule has 0 saturated heterocycles. The maximum absolute atomic E-state index is 12.7. The molecule has 1 aromatic carbocycles. The van der Waals surface area contributed by atoms with Crippen LogP contribution in [0.5, 0.6) is 0 Å². The Hall–Kier alpha value is -2.35. The van der Waals surface area contributed by atoms with Gasteiger partial charge in [0.2, 0.25) is 0 Å². The summed E-state index contributed by atoms with van der Waals surface area (Å²) >= 11 is 3.38. The summed E-state index contributed by atoms with van der Waals surface area (Å²) in [6.07, 6.45) is 3.06. The van der Waals surface area contributed by atoms with Gasteiger partial charge in [0.15, 0.2) is 0 Å². The van der Waals surface area contributed by atoms with Crippen molar-refractivity contribution in [2.45, 2.75) is 26.2 Å². The van der Waals surface area contributed by atoms with E-state index in [-0.39, 0.29) is 11.3 Å². The van der Waals surface area contributed by atoms with Gasteiger partial charge >= 0.3 is 0 Å². The zero-order valence-corrected chi connectivity index (χ0v) is 14.5. The number of fused-ring (bicyclic) bond motifs is 1. The van der Waals surface area contributed by atoms with Gasteiger partial charge in [-0.1, -0.05) is 48.8 Å². The predicted molar refractivity (Wildman–Crippen MR) is 90.9 cm³/mol. The molecule has 0 aliphatic carbocycles. The van der Waals surface area contributed by atoms with E-state index < -0.39 is 5.41 Å². The highest BCUT2D eigenvalue weighted by molar-refractivity contribution is 9.10. The van der Waals surface area contributed by atoms with Crippen molar-refractivity contribution < 1.29 is 0 Å². The van der Waals surface area contributed by atoms with Crippen molar-refractivity contribution in [2.24, 2.45) is 5.10 Å². The molecule has 3 rings (SSSR count). The van der Waals surface area contributed by atoms with Crippen LogP contribution >= 0.6 is 15.9 Å². The monoisotopic (exact) mass is 374 g/mol. The molecule has 3 aromatic rings. The molecule has 0 unspecified atom stereocenters. The van der Waals surface area contributed by atoms with Gasteiger partial charge in [0, 0.05) is 9.89 Å². The molecule has 0 amide bonds. The molecule has 7 nitrogen and oxygen atoms in total. The van der Waals surface area contributed by atoms with Crippen LogP contribution in [0, 0.1) is 0 Å². The summed E-state index contributed by atoms with van der Waals surface area (Å²) in [6.45, 7) is 5.78. The standard InChI is InChI=1S/C15H15BrN6O/c1-15(2,3)12-13(23)22(14-19-17-9-21(14)20-12)18-8-10-4-6-11(16)7-5-10/h4-9H,1-3H3/b18-8+. The summed E-state index contributed by atoms with van der Waals surface area (Å²) in [5.41, 5.74) is 0.556. The van der Waals surface area contributed by atoms with E-state index in [0.29, 0.717) is 5.69 Å². The van der Waals surface area contributed by atoms with Crippen molar-refractivity contribution in [1.82, 2.24) is 24.5 Å². The number of nitrogens with zero attached hydrogens (tertiary/aromatic N) is 6. The lowest BCUT2D eigenvalue weighted by atomic mass is 9.93. The molecule has 0 aliphatic rings. The molecule has 0 spiro atoms. The summed E-state index contributed by atoms with van der Waals surface area (Å²) in [6, 6.07) is 7.60. The van der Waals surface area contributed by atoms with Crippen molar-refractivity contribution in [1.29, 1.82) is 0 Å². The average Bonchev–Trinajstić information content (AvgIpc) is 2.94. The van der Waals surface area contributed by atoms with Crippen molar-refractivity contribution in [3.05, 3.63) is 56.7 Å². The van der Waals surface area contributed by atoms with Gasteiger partial charge in [-0.2, -0.15) is 19.4 Å². The van der Waals surface area contributed by atoms with Crippen molar-refractivity contribution >= 4 is 27.9 Å². The molecular formula is C15H15BrN6O. The first-order chi connectivity index (χ1) is 10.9. The largest absolute Gasteiger partial charge is 0.298 e. The second kappa shape index (κ2) is 5.69. The smallest absolute Gasteiger partial charge is 0.265 e. The number of hydrogen-bond acceptors (Lipinski definition) is 5. The van der Waals surface area contributed by atoms with E-state index in [2.05, 4.69) is 36.3 Å². The van der Waals surface area contributed by atoms with Crippen LogP contribution in [0.1, 0.15) is 32.0 Å². The molecule has 0 saturated carbocycles. The second-order valence-electron chi connectivity index (χ2n) is 6.09. The average molecular weight is 375 g/mol. The van der Waals surface area contributed by atoms with Crippen molar-refractivity contribution in [3.63, 3.8) is 0 Å². The number of benzene rings is 1. The highest BCUT2D eigenvalue weighted by Crippen LogP contribution is 2.16. The Balaban J connectivity index is 2.16. The zero-order chi connectivity index (χ0) is 16.6. The molecule has 0 atom stereocenters. The maximum Gasteiger partial charge on any atom is 0.298 e. The fourth-order valence-corrected chi connectivity index (χ4v) is 2.29. The van der Waals surface area contributed by atoms with Gasteiger partial charge in [-0.05, 0) is 17.7 Å². The minimum absolute atomic E-state index is 0.274. The van der Waals surface area contributed by atoms with Crippen LogP contribution < -0.4 is 5.56 Å². The van der Waals surface area contributed by atoms with Gasteiger partial charge in [-0.3, -0.25) is 4.79 Å². The number of aromatic nitrogens is 5. The van der Waals surface area contributed by atoms with Crippen LogP contribution in [-0.4, -0.2) is 30.7 Å². The fraction of sp³-hybridized carbons (Fsp3) is 0.267. The van der Waals surface area contributed by atoms with Crippen molar-refractivity contribution in [3.8, 4) is 0 Å². The minimum atomic E-state index is -0.412. The number of halogens is 1. The van der Waals surface area contributed by atoms with Gasteiger partial charge in [0.1, 0.15) is 12.0 Å². The van der Waals surface area contributed by atoms with Crippen molar-refractivity contribution in [2.75, 3.05) is 0 Å². The Morgan fingerprint density at radius 2 is 1.91 bits per heavy atom. The lowest BCUT2D eigenvalue weighted by Crippen LogP contribution is -2.33.